The second kappa shape index (κ2) is 16.9. The number of fused-ring (bicyclic) bond motifs is 6. The van der Waals surface area contributed by atoms with Gasteiger partial charge in [-0.2, -0.15) is 0 Å². The molecule has 0 aliphatic rings. The second-order valence-corrected chi connectivity index (χ2v) is 10.7. The van der Waals surface area contributed by atoms with Gasteiger partial charge in [0.1, 0.15) is 5.65 Å². The predicted octanol–water partition coefficient (Wildman–Crippen LogP) is 12.4. The summed E-state index contributed by atoms with van der Waals surface area (Å²) in [5.41, 5.74) is 8.89. The van der Waals surface area contributed by atoms with Gasteiger partial charge in [-0.1, -0.05) is 138 Å². The first-order valence-electron chi connectivity index (χ1n) is 15.6. The van der Waals surface area contributed by atoms with Crippen LogP contribution in [0.1, 0.15) is 106 Å². The number of unbranched alkanes of at least 4 members (excludes halogenated alkanes) is 1. The molecule has 40 heavy (non-hydrogen) atoms. The second-order valence-electron chi connectivity index (χ2n) is 10.7. The fraction of sp³-hybridized carbons (Fsp3) is 0.447. The summed E-state index contributed by atoms with van der Waals surface area (Å²) in [6.45, 7) is 27.6. The molecular weight excluding hydrogens is 484 g/mol. The molecule has 0 radical (unpaired) electrons. The fourth-order valence-electron chi connectivity index (χ4n) is 4.81. The van der Waals surface area contributed by atoms with E-state index in [2.05, 4.69) is 114 Å². The number of aromatic nitrogens is 2. The summed E-state index contributed by atoms with van der Waals surface area (Å²) in [6, 6.07) is 22.1. The summed E-state index contributed by atoms with van der Waals surface area (Å²) < 4.78 is 2.36. The molecule has 0 atom stereocenters. The Bertz CT molecular complexity index is 1430. The molecule has 0 spiro atoms. The molecule has 5 aromatic rings. The molecule has 3 aromatic carbocycles. The molecule has 0 aliphatic carbocycles. The van der Waals surface area contributed by atoms with Crippen LogP contribution in [0.25, 0.3) is 38.6 Å². The van der Waals surface area contributed by atoms with Gasteiger partial charge in [0.05, 0.1) is 17.4 Å². The average Bonchev–Trinajstić information content (AvgIpc) is 3.40. The first-order chi connectivity index (χ1) is 19.2. The molecule has 0 saturated carbocycles. The van der Waals surface area contributed by atoms with Crippen molar-refractivity contribution in [2.24, 2.45) is 5.41 Å². The van der Waals surface area contributed by atoms with Gasteiger partial charge in [-0.25, -0.2) is 4.98 Å². The standard InChI is InChI=1S/C28H28N2.C4H10.3C2H6/c1-18-9-8-10-19(2)26(18)25-17-29-27-22-12-7-6-11-21(22)23-15-20(16-28(3,4)5)13-14-24(23)30(25)27;1-3-4-2;3*1-2/h6-15,17H,16H2,1-5H3;3-4H2,1-2H3;3*1-2H3. The van der Waals surface area contributed by atoms with Crippen LogP contribution in [0, 0.1) is 19.3 Å². The molecule has 0 N–H and O–H groups in total. The molecule has 0 fully saturated rings. The van der Waals surface area contributed by atoms with E-state index in [4.69, 9.17) is 4.98 Å². The molecule has 2 heteroatoms. The Labute approximate surface area is 245 Å². The van der Waals surface area contributed by atoms with E-state index in [-0.39, 0.29) is 5.41 Å². The van der Waals surface area contributed by atoms with Gasteiger partial charge in [0.15, 0.2) is 0 Å². The molecule has 0 bridgehead atoms. The van der Waals surface area contributed by atoms with Crippen LogP contribution >= 0.6 is 0 Å². The van der Waals surface area contributed by atoms with Crippen molar-refractivity contribution in [3.05, 3.63) is 83.6 Å². The van der Waals surface area contributed by atoms with Gasteiger partial charge in [0.2, 0.25) is 0 Å². The highest BCUT2D eigenvalue weighted by Gasteiger charge is 2.18. The largest absolute Gasteiger partial charge is 0.292 e. The van der Waals surface area contributed by atoms with Gasteiger partial charge < -0.3 is 0 Å². The van der Waals surface area contributed by atoms with Gasteiger partial charge in [-0.05, 0) is 59.9 Å². The smallest absolute Gasteiger partial charge is 0.145 e. The van der Waals surface area contributed by atoms with E-state index < -0.39 is 0 Å². The van der Waals surface area contributed by atoms with Crippen LogP contribution in [0.4, 0.5) is 0 Å². The third-order valence-corrected chi connectivity index (χ3v) is 6.49. The lowest BCUT2D eigenvalue weighted by Crippen LogP contribution is -2.09. The van der Waals surface area contributed by atoms with Gasteiger partial charge >= 0.3 is 0 Å². The summed E-state index contributed by atoms with van der Waals surface area (Å²) in [6.07, 6.45) is 5.74. The highest BCUT2D eigenvalue weighted by molar-refractivity contribution is 6.12. The number of nitrogens with zero attached hydrogens (tertiary/aromatic N) is 2. The summed E-state index contributed by atoms with van der Waals surface area (Å²) in [4.78, 5) is 4.90. The fourth-order valence-corrected chi connectivity index (χ4v) is 4.81. The molecule has 0 saturated heterocycles. The van der Waals surface area contributed by atoms with Crippen LogP contribution < -0.4 is 0 Å². The third kappa shape index (κ3) is 8.19. The van der Waals surface area contributed by atoms with Gasteiger partial charge in [-0.15, -0.1) is 0 Å². The molecule has 0 amide bonds. The first-order valence-corrected chi connectivity index (χ1v) is 15.6. The third-order valence-electron chi connectivity index (χ3n) is 6.49. The minimum Gasteiger partial charge on any atom is -0.292 e. The van der Waals surface area contributed by atoms with Crippen LogP contribution in [0.5, 0.6) is 0 Å². The highest BCUT2D eigenvalue weighted by Crippen LogP contribution is 2.36. The lowest BCUT2D eigenvalue weighted by Gasteiger charge is -2.19. The zero-order chi connectivity index (χ0) is 30.5. The van der Waals surface area contributed by atoms with E-state index in [1.54, 1.807) is 0 Å². The van der Waals surface area contributed by atoms with Crippen LogP contribution in [-0.2, 0) is 6.42 Å². The zero-order valence-electron chi connectivity index (χ0n) is 27.9. The summed E-state index contributed by atoms with van der Waals surface area (Å²) in [5, 5.41) is 3.77. The number of imidazole rings is 1. The summed E-state index contributed by atoms with van der Waals surface area (Å²) >= 11 is 0. The molecule has 5 rings (SSSR count). The van der Waals surface area contributed by atoms with Crippen LogP contribution in [0.3, 0.4) is 0 Å². The van der Waals surface area contributed by atoms with Crippen molar-refractivity contribution in [2.45, 2.75) is 109 Å². The maximum Gasteiger partial charge on any atom is 0.145 e. The van der Waals surface area contributed by atoms with Gasteiger partial charge in [0.25, 0.3) is 0 Å². The Hall–Kier alpha value is -3.13. The highest BCUT2D eigenvalue weighted by atomic mass is 15.0. The minimum absolute atomic E-state index is 0.256. The molecule has 2 aromatic heterocycles. The molecule has 2 nitrogen and oxygen atoms in total. The summed E-state index contributed by atoms with van der Waals surface area (Å²) in [7, 11) is 0. The molecule has 0 unspecified atom stereocenters. The average molecular weight is 541 g/mol. The Morgan fingerprint density at radius 2 is 1.23 bits per heavy atom. The first kappa shape index (κ1) is 34.9. The van der Waals surface area contributed by atoms with Crippen molar-refractivity contribution >= 4 is 27.3 Å². The van der Waals surface area contributed by atoms with E-state index >= 15 is 0 Å². The van der Waals surface area contributed by atoms with Crippen LogP contribution in [0.2, 0.25) is 0 Å². The SMILES string of the molecule is CC.CC.CC.CCCC.Cc1cccc(C)c1-c1cnc2c3ccccc3c3cc(CC(C)(C)C)ccc3n12. The van der Waals surface area contributed by atoms with Crippen molar-refractivity contribution in [3.63, 3.8) is 0 Å². The van der Waals surface area contributed by atoms with E-state index in [1.165, 1.54) is 62.5 Å². The Kier molecular flexibility index (Phi) is 14.7. The number of hydrogen-bond donors (Lipinski definition) is 0. The summed E-state index contributed by atoms with van der Waals surface area (Å²) in [5.74, 6) is 0. The topological polar surface area (TPSA) is 17.3 Å². The number of pyridine rings is 1. The lowest BCUT2D eigenvalue weighted by molar-refractivity contribution is 0.411. The Morgan fingerprint density at radius 1 is 0.675 bits per heavy atom. The maximum atomic E-state index is 4.90. The van der Waals surface area contributed by atoms with Crippen molar-refractivity contribution in [2.75, 3.05) is 0 Å². The Morgan fingerprint density at radius 3 is 1.75 bits per heavy atom. The lowest BCUT2D eigenvalue weighted by atomic mass is 9.87. The van der Waals surface area contributed by atoms with E-state index in [0.29, 0.717) is 0 Å². The van der Waals surface area contributed by atoms with Gasteiger partial charge in [0, 0.05) is 16.3 Å². The molecule has 0 aliphatic heterocycles. The Balaban J connectivity index is 0.000000712. The van der Waals surface area contributed by atoms with E-state index in [9.17, 15) is 0 Å². The number of benzene rings is 3. The minimum atomic E-state index is 0.256. The van der Waals surface area contributed by atoms with Crippen LogP contribution in [0.15, 0.2) is 66.9 Å². The number of aryl methyl sites for hydroxylation is 2. The number of hydrogen-bond acceptors (Lipinski definition) is 1. The maximum absolute atomic E-state index is 4.90. The quantitative estimate of drug-likeness (QED) is 0.208. The van der Waals surface area contributed by atoms with Crippen molar-refractivity contribution in [1.29, 1.82) is 0 Å². The molecular formula is C38H56N2. The van der Waals surface area contributed by atoms with Crippen molar-refractivity contribution in [3.8, 4) is 11.3 Å². The van der Waals surface area contributed by atoms with Crippen LogP contribution in [-0.4, -0.2) is 9.38 Å². The van der Waals surface area contributed by atoms with Gasteiger partial charge in [-0.3, -0.25) is 4.40 Å². The van der Waals surface area contributed by atoms with E-state index in [0.717, 1.165) is 12.1 Å². The number of rotatable bonds is 3. The van der Waals surface area contributed by atoms with Crippen molar-refractivity contribution < 1.29 is 0 Å². The zero-order valence-corrected chi connectivity index (χ0v) is 27.9. The monoisotopic (exact) mass is 540 g/mol. The van der Waals surface area contributed by atoms with Crippen molar-refractivity contribution in [1.82, 2.24) is 9.38 Å². The normalized spacial score (nSPS) is 10.4. The van der Waals surface area contributed by atoms with E-state index in [1.807, 2.05) is 47.7 Å². The predicted molar refractivity (Wildman–Crippen MR) is 183 cm³/mol. The molecule has 2 heterocycles. The molecule has 218 valence electrons.